The molecule has 3 N–H and O–H groups in total. The van der Waals surface area contributed by atoms with Crippen LogP contribution in [0.25, 0.3) is 0 Å². The smallest absolute Gasteiger partial charge is 0.462 e. The van der Waals surface area contributed by atoms with Crippen LogP contribution in [0.2, 0.25) is 0 Å². The third-order valence-corrected chi connectivity index (χ3v) is 9.14. The Morgan fingerprint density at radius 3 is 1.55 bits per heavy atom. The van der Waals surface area contributed by atoms with Crippen LogP contribution in [0.3, 0.4) is 0 Å². The molecular weight excluding hydrogens is 695 g/mol. The van der Waals surface area contributed by atoms with Gasteiger partial charge in [0.1, 0.15) is 12.7 Å². The van der Waals surface area contributed by atoms with Crippen molar-refractivity contribution in [2.75, 3.05) is 26.4 Å². The van der Waals surface area contributed by atoms with E-state index in [2.05, 4.69) is 67.0 Å². The van der Waals surface area contributed by atoms with E-state index in [1.54, 1.807) is 0 Å². The minimum Gasteiger partial charge on any atom is -0.462 e. The van der Waals surface area contributed by atoms with E-state index in [1.807, 2.05) is 12.2 Å². The van der Waals surface area contributed by atoms with E-state index in [0.29, 0.717) is 19.3 Å². The third-order valence-electron chi connectivity index (χ3n) is 8.19. The molecule has 0 radical (unpaired) electrons. The largest absolute Gasteiger partial charge is 0.472 e. The van der Waals surface area contributed by atoms with Gasteiger partial charge >= 0.3 is 19.8 Å². The molecule has 3 atom stereocenters. The summed E-state index contributed by atoms with van der Waals surface area (Å²) in [5.41, 5.74) is 0. The number of hydrogen-bond acceptors (Lipinski definition) is 9. The fourth-order valence-electron chi connectivity index (χ4n) is 5.09. The van der Waals surface area contributed by atoms with Crippen LogP contribution in [0.4, 0.5) is 0 Å². The molecule has 0 bridgehead atoms. The Kier molecular flexibility index (Phi) is 36.3. The maximum atomic E-state index is 12.6. The molecule has 53 heavy (non-hydrogen) atoms. The minimum atomic E-state index is -4.63. The number of ether oxygens (including phenoxy) is 2. The highest BCUT2D eigenvalue weighted by Crippen LogP contribution is 2.43. The number of esters is 2. The van der Waals surface area contributed by atoms with Crippen molar-refractivity contribution in [2.45, 2.75) is 167 Å². The van der Waals surface area contributed by atoms with Crippen LogP contribution in [0.1, 0.15) is 155 Å². The number of rotatable bonds is 37. The Bertz CT molecular complexity index is 1070. The van der Waals surface area contributed by atoms with E-state index >= 15 is 0 Å². The van der Waals surface area contributed by atoms with Crippen LogP contribution in [-0.4, -0.2) is 65.7 Å². The fraction of sp³-hybridized carbons (Fsp3) is 0.714. The van der Waals surface area contributed by atoms with Gasteiger partial charge in [0.05, 0.1) is 19.8 Å². The van der Waals surface area contributed by atoms with Crippen LogP contribution < -0.4 is 0 Å². The molecule has 0 fully saturated rings. The second kappa shape index (κ2) is 38.0. The zero-order chi connectivity index (χ0) is 39.1. The molecule has 0 rings (SSSR count). The highest BCUT2D eigenvalue weighted by atomic mass is 31.2. The molecule has 0 aromatic rings. The van der Waals surface area contributed by atoms with E-state index in [9.17, 15) is 24.2 Å². The molecule has 306 valence electrons. The molecule has 0 aliphatic rings. The van der Waals surface area contributed by atoms with Gasteiger partial charge in [0.15, 0.2) is 6.10 Å². The van der Waals surface area contributed by atoms with Crippen molar-refractivity contribution in [1.29, 1.82) is 0 Å². The van der Waals surface area contributed by atoms with Crippen molar-refractivity contribution >= 4 is 19.8 Å². The highest BCUT2D eigenvalue weighted by Gasteiger charge is 2.27. The summed E-state index contributed by atoms with van der Waals surface area (Å²) in [6, 6.07) is 0. The summed E-state index contributed by atoms with van der Waals surface area (Å²) in [6.07, 6.45) is 40.5. The van der Waals surface area contributed by atoms with Crippen LogP contribution >= 0.6 is 7.82 Å². The first kappa shape index (κ1) is 50.7. The molecule has 0 aromatic heterocycles. The molecule has 10 nitrogen and oxygen atoms in total. The van der Waals surface area contributed by atoms with Crippen molar-refractivity contribution < 1.29 is 47.8 Å². The number of carbonyl (C=O) groups excluding carboxylic acids is 2. The lowest BCUT2D eigenvalue weighted by atomic mass is 10.0. The Morgan fingerprint density at radius 1 is 0.585 bits per heavy atom. The molecule has 0 aliphatic heterocycles. The first-order valence-electron chi connectivity index (χ1n) is 20.2. The second-order valence-corrected chi connectivity index (χ2v) is 14.7. The summed E-state index contributed by atoms with van der Waals surface area (Å²) in [5.74, 6) is -0.995. The normalized spacial score (nSPS) is 14.6. The number of aliphatic hydroxyl groups is 2. The number of aliphatic hydroxyl groups excluding tert-OH is 2. The van der Waals surface area contributed by atoms with Crippen molar-refractivity contribution in [3.63, 3.8) is 0 Å². The summed E-state index contributed by atoms with van der Waals surface area (Å²) in [6.45, 7) is 2.18. The monoisotopic (exact) mass is 768 g/mol. The van der Waals surface area contributed by atoms with Crippen LogP contribution in [0, 0.1) is 0 Å². The molecule has 0 saturated carbocycles. The standard InChI is InChI=1S/C42H73O10P/c1-3-5-7-9-11-13-15-17-18-19-20-22-24-26-28-30-32-34-42(46)52-40(38-51-53(47,48)50-36-39(44)35-43)37-49-41(45)33-31-29-27-25-23-21-16-14-12-10-8-6-4-2/h5,7,11,13,17-18,20,22,26,28,39-40,43-44H,3-4,6,8-10,12,14-16,19,21,23-25,27,29-38H2,1-2H3,(H,47,48)/b7-5+,13-11+,18-17+,22-20+,28-26+/t39-,40+/m0/s1. The summed E-state index contributed by atoms with van der Waals surface area (Å²) in [4.78, 5) is 34.9. The number of phosphoric acid groups is 1. The zero-order valence-electron chi connectivity index (χ0n) is 33.0. The van der Waals surface area contributed by atoms with E-state index in [-0.39, 0.29) is 19.4 Å². The van der Waals surface area contributed by atoms with Crippen molar-refractivity contribution in [2.24, 2.45) is 0 Å². The summed E-state index contributed by atoms with van der Waals surface area (Å²) < 4.78 is 32.6. The topological polar surface area (TPSA) is 149 Å². The molecule has 0 saturated heterocycles. The predicted molar refractivity (Wildman–Crippen MR) is 214 cm³/mol. The molecule has 0 spiro atoms. The SMILES string of the molecule is CC/C=C/C/C=C/C/C=C/C/C=C/C/C=C/CCCC(=O)O[C@H](COC(=O)CCCCCCCCCCCCCCC)COP(=O)(O)OC[C@@H](O)CO. The predicted octanol–water partition coefficient (Wildman–Crippen LogP) is 10.3. The molecular formula is C42H73O10P. The van der Waals surface area contributed by atoms with Gasteiger partial charge in [0, 0.05) is 12.8 Å². The van der Waals surface area contributed by atoms with Gasteiger partial charge in [0.2, 0.25) is 0 Å². The molecule has 0 aromatic carbocycles. The van der Waals surface area contributed by atoms with E-state index in [1.165, 1.54) is 57.8 Å². The third kappa shape index (κ3) is 37.8. The lowest BCUT2D eigenvalue weighted by Crippen LogP contribution is -2.29. The van der Waals surface area contributed by atoms with Crippen LogP contribution in [0.15, 0.2) is 60.8 Å². The van der Waals surface area contributed by atoms with Gasteiger partial charge in [-0.2, -0.15) is 0 Å². The Hall–Kier alpha value is -2.33. The number of hydrogen-bond donors (Lipinski definition) is 3. The second-order valence-electron chi connectivity index (χ2n) is 13.3. The van der Waals surface area contributed by atoms with Gasteiger partial charge in [-0.15, -0.1) is 0 Å². The van der Waals surface area contributed by atoms with Gasteiger partial charge < -0.3 is 24.6 Å². The van der Waals surface area contributed by atoms with Gasteiger partial charge in [-0.25, -0.2) is 4.57 Å². The number of carbonyl (C=O) groups is 2. The average molecular weight is 769 g/mol. The Labute approximate surface area is 321 Å². The molecule has 0 amide bonds. The summed E-state index contributed by atoms with van der Waals surface area (Å²) >= 11 is 0. The van der Waals surface area contributed by atoms with E-state index in [4.69, 9.17) is 19.1 Å². The number of unbranched alkanes of at least 4 members (excludes halogenated alkanes) is 13. The fourth-order valence-corrected chi connectivity index (χ4v) is 5.88. The minimum absolute atomic E-state index is 0.105. The quantitative estimate of drug-likeness (QED) is 0.0241. The van der Waals surface area contributed by atoms with Crippen LogP contribution in [-0.2, 0) is 32.7 Å². The maximum Gasteiger partial charge on any atom is 0.472 e. The van der Waals surface area contributed by atoms with Crippen LogP contribution in [0.5, 0.6) is 0 Å². The first-order chi connectivity index (χ1) is 25.7. The van der Waals surface area contributed by atoms with Gasteiger partial charge in [-0.05, 0) is 51.4 Å². The Balaban J connectivity index is 4.45. The first-order valence-corrected chi connectivity index (χ1v) is 21.7. The lowest BCUT2D eigenvalue weighted by Gasteiger charge is -2.20. The molecule has 11 heteroatoms. The molecule has 1 unspecified atom stereocenters. The van der Waals surface area contributed by atoms with Crippen molar-refractivity contribution in [1.82, 2.24) is 0 Å². The van der Waals surface area contributed by atoms with E-state index < -0.39 is 51.8 Å². The number of allylic oxidation sites excluding steroid dienone is 10. The zero-order valence-corrected chi connectivity index (χ0v) is 33.9. The summed E-state index contributed by atoms with van der Waals surface area (Å²) in [7, 11) is -4.63. The van der Waals surface area contributed by atoms with E-state index in [0.717, 1.165) is 51.4 Å². The maximum absolute atomic E-state index is 12.6. The van der Waals surface area contributed by atoms with Crippen molar-refractivity contribution in [3.8, 4) is 0 Å². The van der Waals surface area contributed by atoms with Gasteiger partial charge in [-0.1, -0.05) is 152 Å². The number of phosphoric ester groups is 1. The average Bonchev–Trinajstić information content (AvgIpc) is 3.14. The molecule has 0 aliphatic carbocycles. The Morgan fingerprint density at radius 2 is 1.04 bits per heavy atom. The van der Waals surface area contributed by atoms with Gasteiger partial charge in [0.25, 0.3) is 0 Å². The highest BCUT2D eigenvalue weighted by molar-refractivity contribution is 7.47. The summed E-state index contributed by atoms with van der Waals surface area (Å²) in [5, 5.41) is 18.3. The van der Waals surface area contributed by atoms with Crippen molar-refractivity contribution in [3.05, 3.63) is 60.8 Å². The lowest BCUT2D eigenvalue weighted by molar-refractivity contribution is -0.161. The molecule has 0 heterocycles. The van der Waals surface area contributed by atoms with Gasteiger partial charge in [-0.3, -0.25) is 18.6 Å².